The van der Waals surface area contributed by atoms with Crippen LogP contribution in [0.4, 0.5) is 5.69 Å². The molecule has 15 aromatic rings. The number of fused-ring (bicyclic) bond motifs is 16. The first-order chi connectivity index (χ1) is 49.5. The number of nitriles is 1. The highest BCUT2D eigenvalue weighted by Crippen LogP contribution is 2.68. The first-order valence-electron chi connectivity index (χ1n) is 38.6. The summed E-state index contributed by atoms with van der Waals surface area (Å²) in [6.07, 6.45) is 4.29. The third-order valence-electron chi connectivity index (χ3n) is 28.9. The van der Waals surface area contributed by atoms with Crippen LogP contribution in [0.25, 0.3) is 103 Å². The van der Waals surface area contributed by atoms with E-state index in [2.05, 4.69) is 288 Å². The van der Waals surface area contributed by atoms with Gasteiger partial charge in [-0.05, 0) is 251 Å². The molecule has 4 nitrogen and oxygen atoms in total. The van der Waals surface area contributed by atoms with E-state index in [-0.39, 0.29) is 67.0 Å². The number of nitrogens with zero attached hydrogens (tertiary/aromatic N) is 4. The normalized spacial score (nSPS) is 22.3. The van der Waals surface area contributed by atoms with Crippen molar-refractivity contribution in [1.82, 2.24) is 8.80 Å². The highest BCUT2D eigenvalue weighted by atomic mass is 14.9. The summed E-state index contributed by atoms with van der Waals surface area (Å²) in [6.45, 7) is 49.7. The average molecular weight is 1340 g/mol. The minimum atomic E-state index is -0.0994. The summed E-state index contributed by atoms with van der Waals surface area (Å²) in [4.78, 5) is 4.67. The predicted octanol–water partition coefficient (Wildman–Crippen LogP) is 25.6. The molecule has 4 bridgehead atoms. The van der Waals surface area contributed by atoms with Crippen molar-refractivity contribution in [1.29, 1.82) is 5.26 Å². The van der Waals surface area contributed by atoms with Crippen LogP contribution in [0.2, 0.25) is 0 Å². The maximum atomic E-state index is 12.0. The van der Waals surface area contributed by atoms with Crippen molar-refractivity contribution < 1.29 is 0 Å². The van der Waals surface area contributed by atoms with Gasteiger partial charge in [-0.15, -0.1) is 0 Å². The summed E-state index contributed by atoms with van der Waals surface area (Å²) in [6, 6.07) is 65.5. The number of benzene rings is 11. The quantitative estimate of drug-likeness (QED) is 0.159. The van der Waals surface area contributed by atoms with Crippen LogP contribution in [-0.4, -0.2) is 8.80 Å². The zero-order chi connectivity index (χ0) is 71.2. The van der Waals surface area contributed by atoms with Crippen LogP contribution in [0, 0.1) is 17.9 Å². The van der Waals surface area contributed by atoms with E-state index in [0.29, 0.717) is 0 Å². The molecule has 0 spiro atoms. The van der Waals surface area contributed by atoms with E-state index in [4.69, 9.17) is 0 Å². The number of aromatic nitrogens is 2. The minimum absolute atomic E-state index is 0.0261. The van der Waals surface area contributed by atoms with Crippen molar-refractivity contribution in [3.05, 3.63) is 286 Å². The second-order valence-electron chi connectivity index (χ2n) is 39.1. The van der Waals surface area contributed by atoms with Gasteiger partial charge in [0.1, 0.15) is 0 Å². The lowest BCUT2D eigenvalue weighted by atomic mass is 9.59. The van der Waals surface area contributed by atoms with Gasteiger partial charge in [0.05, 0.1) is 45.8 Å². The zero-order valence-corrected chi connectivity index (χ0v) is 62.9. The topological polar surface area (TPSA) is 37.0 Å². The van der Waals surface area contributed by atoms with Gasteiger partial charge >= 0.3 is 0 Å². The Morgan fingerprint density at radius 3 is 0.962 bits per heavy atom. The largest absolute Gasteiger partial charge is 0.309 e. The van der Waals surface area contributed by atoms with Gasteiger partial charge in [0.2, 0.25) is 0 Å². The molecule has 0 saturated heterocycles. The average Bonchev–Trinajstić information content (AvgIpc) is 1.44. The number of hydrogen-bond acceptors (Lipinski definition) is 1. The standard InChI is InChI=1S/C100H86N4/c1-93(2)45-97(9,10)87-66(93)41-67-88(98(11,12)46-94(67,3)4)76(87)49-34-62-60-40-72-61(39-71(60)103-73-38-51(44-101)75-78-52-26-18-22-30-56(52)80(57-31-23-19-27-53(57)78)85(75)82(73)64(36-49)91(62)103)63-35-50(77-89-68(95(5,6)47-99(89,13)14)42-69-90(77)100(15,16)48-96(69,7)8)37-65-83-74(104(72)92(63)65)43-70(102-17)84-79-54-28-20-24-32-58(54)81(86(83)84)59-33-25-21-29-55(59)79/h18-43,78-81H,45-48H2,1-16H3. The Hall–Kier alpha value is -10.0. The van der Waals surface area contributed by atoms with E-state index < -0.39 is 0 Å². The van der Waals surface area contributed by atoms with E-state index in [0.717, 1.165) is 48.0 Å². The summed E-state index contributed by atoms with van der Waals surface area (Å²) in [7, 11) is 0. The molecule has 4 aromatic heterocycles. The molecule has 506 valence electrons. The van der Waals surface area contributed by atoms with Crippen LogP contribution >= 0.6 is 0 Å². The van der Waals surface area contributed by atoms with Gasteiger partial charge in [0.25, 0.3) is 0 Å². The Balaban J connectivity index is 0.926. The highest BCUT2D eigenvalue weighted by molar-refractivity contribution is 6.31. The Morgan fingerprint density at radius 1 is 0.337 bits per heavy atom. The summed E-state index contributed by atoms with van der Waals surface area (Å²) in [5.41, 5.74) is 41.4. The monoisotopic (exact) mass is 1340 g/mol. The lowest BCUT2D eigenvalue weighted by molar-refractivity contribution is 0.395. The van der Waals surface area contributed by atoms with E-state index in [1.807, 2.05) is 0 Å². The fourth-order valence-electron chi connectivity index (χ4n) is 26.8. The van der Waals surface area contributed by atoms with Crippen LogP contribution in [0.5, 0.6) is 0 Å². The molecule has 0 fully saturated rings. The van der Waals surface area contributed by atoms with Gasteiger partial charge < -0.3 is 8.80 Å². The SMILES string of the molecule is [C-]#[N+]c1cc2c(c3c1C1c4ccccc4C3c3ccccc31)c1cc(-c3c4c(cc5c3C(C)(C)CC5(C)C)C(C)(C)CC4(C)C)cc3c4cc5c(cc4n2c31)c1cc(-c2c3c(cc4c2C(C)(C)CC4(C)C)C(C)(C)CC3(C)C)cc2c3c4c(c(C#N)cc3n5c12)C1c2ccccc2C4c2ccccc21. The van der Waals surface area contributed by atoms with Crippen molar-refractivity contribution in [3.63, 3.8) is 0 Å². The predicted molar refractivity (Wildman–Crippen MR) is 430 cm³/mol. The zero-order valence-electron chi connectivity index (χ0n) is 62.9. The Morgan fingerprint density at radius 2 is 0.635 bits per heavy atom. The van der Waals surface area contributed by atoms with Crippen molar-refractivity contribution in [3.8, 4) is 28.3 Å². The van der Waals surface area contributed by atoms with Crippen LogP contribution in [-0.2, 0) is 43.3 Å². The van der Waals surface area contributed by atoms with Crippen molar-refractivity contribution in [2.24, 2.45) is 0 Å². The van der Waals surface area contributed by atoms with E-state index >= 15 is 0 Å². The summed E-state index contributed by atoms with van der Waals surface area (Å²) in [5, 5.41) is 22.0. The molecule has 0 saturated carbocycles. The molecule has 4 heteroatoms. The molecule has 4 heterocycles. The molecular formula is C100H86N4. The fourth-order valence-corrected chi connectivity index (χ4v) is 26.8. The van der Waals surface area contributed by atoms with Gasteiger partial charge in [-0.3, -0.25) is 0 Å². The molecule has 0 radical (unpaired) electrons. The molecule has 0 aliphatic heterocycles. The Bertz CT molecular complexity index is 6160. The van der Waals surface area contributed by atoms with Gasteiger partial charge in [0.15, 0.2) is 5.69 Å². The first-order valence-corrected chi connectivity index (χ1v) is 38.6. The molecular weight excluding hydrogens is 1260 g/mol. The van der Waals surface area contributed by atoms with Crippen molar-refractivity contribution >= 4 is 81.9 Å². The highest BCUT2D eigenvalue weighted by Gasteiger charge is 2.55. The third-order valence-corrected chi connectivity index (χ3v) is 28.9. The molecule has 0 N–H and O–H groups in total. The fraction of sp³-hybridized carbons (Fsp3) is 0.320. The summed E-state index contributed by atoms with van der Waals surface area (Å²) in [5.74, 6) is -0.238. The molecule has 0 atom stereocenters. The Labute approximate surface area is 609 Å². The smallest absolute Gasteiger partial charge is 0.193 e. The van der Waals surface area contributed by atoms with Gasteiger partial charge in [-0.1, -0.05) is 220 Å². The number of hydrogen-bond donors (Lipinski definition) is 0. The van der Waals surface area contributed by atoms with Crippen molar-refractivity contribution in [2.45, 2.75) is 203 Å². The first kappa shape index (κ1) is 60.4. The molecule has 0 unspecified atom stereocenters. The minimum Gasteiger partial charge on any atom is -0.309 e. The molecule has 11 aromatic carbocycles. The number of rotatable bonds is 2. The molecule has 0 amide bonds. The lowest BCUT2D eigenvalue weighted by Gasteiger charge is -2.43. The maximum absolute atomic E-state index is 12.0. The van der Waals surface area contributed by atoms with E-state index in [1.165, 1.54) is 199 Å². The molecule has 25 rings (SSSR count). The lowest BCUT2D eigenvalue weighted by Crippen LogP contribution is -2.28. The molecule has 10 aliphatic rings. The van der Waals surface area contributed by atoms with Gasteiger partial charge in [0, 0.05) is 72.3 Å². The summed E-state index contributed by atoms with van der Waals surface area (Å²) < 4.78 is 5.28. The van der Waals surface area contributed by atoms with Crippen molar-refractivity contribution in [2.75, 3.05) is 0 Å². The maximum Gasteiger partial charge on any atom is 0.193 e. The third kappa shape index (κ3) is 6.83. The molecule has 104 heavy (non-hydrogen) atoms. The van der Waals surface area contributed by atoms with Gasteiger partial charge in [-0.2, -0.15) is 5.26 Å². The van der Waals surface area contributed by atoms with Crippen LogP contribution < -0.4 is 0 Å². The van der Waals surface area contributed by atoms with Crippen LogP contribution in [0.15, 0.2) is 158 Å². The van der Waals surface area contributed by atoms with Crippen LogP contribution in [0.3, 0.4) is 0 Å². The van der Waals surface area contributed by atoms with E-state index in [1.54, 1.807) is 0 Å². The second kappa shape index (κ2) is 18.2. The summed E-state index contributed by atoms with van der Waals surface area (Å²) >= 11 is 0. The van der Waals surface area contributed by atoms with E-state index in [9.17, 15) is 11.8 Å². The second-order valence-corrected chi connectivity index (χ2v) is 39.1. The van der Waals surface area contributed by atoms with Gasteiger partial charge in [-0.25, -0.2) is 4.85 Å². The van der Waals surface area contributed by atoms with Crippen LogP contribution in [0.1, 0.15) is 277 Å². The Kier molecular flexibility index (Phi) is 10.6. The molecule has 10 aliphatic carbocycles.